The van der Waals surface area contributed by atoms with E-state index in [2.05, 4.69) is 80.1 Å². The van der Waals surface area contributed by atoms with E-state index in [0.29, 0.717) is 0 Å². The molecule has 0 bridgehead atoms. The standard InChI is InChI=1S/C27H17N5S/c1-2-8-18(9-3-1)25-29-26(33-30-25)19-14-16-20(17-15-19)31-23-12-6-7-13-24(23)32-22-11-5-4-10-21(22)28-27(31)32/h1-17H. The summed E-state index contributed by atoms with van der Waals surface area (Å²) in [5.41, 5.74) is 7.52. The second-order valence-electron chi connectivity index (χ2n) is 7.90. The van der Waals surface area contributed by atoms with E-state index in [1.165, 1.54) is 11.5 Å². The van der Waals surface area contributed by atoms with Crippen LogP contribution in [0.2, 0.25) is 0 Å². The zero-order chi connectivity index (χ0) is 21.8. The topological polar surface area (TPSA) is 48.0 Å². The lowest BCUT2D eigenvalue weighted by Gasteiger charge is -2.06. The predicted molar refractivity (Wildman–Crippen MR) is 134 cm³/mol. The first kappa shape index (κ1) is 18.3. The van der Waals surface area contributed by atoms with Crippen molar-refractivity contribution >= 4 is 39.4 Å². The van der Waals surface area contributed by atoms with Gasteiger partial charge in [-0.05, 0) is 60.1 Å². The van der Waals surface area contributed by atoms with E-state index >= 15 is 0 Å². The monoisotopic (exact) mass is 443 g/mol. The highest BCUT2D eigenvalue weighted by Gasteiger charge is 2.17. The van der Waals surface area contributed by atoms with Crippen molar-refractivity contribution in [1.82, 2.24) is 23.3 Å². The summed E-state index contributed by atoms with van der Waals surface area (Å²) >= 11 is 1.42. The van der Waals surface area contributed by atoms with Crippen LogP contribution >= 0.6 is 11.5 Å². The Labute approximate surface area is 193 Å². The Balaban J connectivity index is 1.36. The van der Waals surface area contributed by atoms with Crippen LogP contribution in [-0.4, -0.2) is 23.3 Å². The van der Waals surface area contributed by atoms with E-state index in [-0.39, 0.29) is 0 Å². The lowest BCUT2D eigenvalue weighted by Crippen LogP contribution is -1.95. The molecule has 5 nitrogen and oxygen atoms in total. The van der Waals surface area contributed by atoms with Gasteiger partial charge in [-0.3, -0.25) is 8.97 Å². The molecule has 33 heavy (non-hydrogen) atoms. The van der Waals surface area contributed by atoms with Crippen molar-refractivity contribution < 1.29 is 0 Å². The molecule has 0 saturated carbocycles. The Morgan fingerprint density at radius 1 is 0.576 bits per heavy atom. The van der Waals surface area contributed by atoms with Crippen LogP contribution in [0.1, 0.15) is 0 Å². The first-order valence-corrected chi connectivity index (χ1v) is 11.5. The number of hydrogen-bond donors (Lipinski definition) is 0. The lowest BCUT2D eigenvalue weighted by molar-refractivity contribution is 1.11. The number of para-hydroxylation sites is 4. The minimum Gasteiger partial charge on any atom is -0.278 e. The van der Waals surface area contributed by atoms with Gasteiger partial charge in [-0.1, -0.05) is 54.6 Å². The van der Waals surface area contributed by atoms with E-state index in [1.54, 1.807) is 0 Å². The van der Waals surface area contributed by atoms with Crippen LogP contribution in [0, 0.1) is 0 Å². The van der Waals surface area contributed by atoms with Crippen LogP contribution in [-0.2, 0) is 0 Å². The van der Waals surface area contributed by atoms with Gasteiger partial charge in [-0.2, -0.15) is 4.37 Å². The van der Waals surface area contributed by atoms with Crippen molar-refractivity contribution in [1.29, 1.82) is 0 Å². The molecule has 3 heterocycles. The average molecular weight is 444 g/mol. The summed E-state index contributed by atoms with van der Waals surface area (Å²) in [5, 5.41) is 0.912. The highest BCUT2D eigenvalue weighted by Crippen LogP contribution is 2.31. The zero-order valence-corrected chi connectivity index (χ0v) is 18.3. The van der Waals surface area contributed by atoms with Crippen LogP contribution in [0.15, 0.2) is 103 Å². The molecule has 4 aromatic carbocycles. The molecule has 0 spiro atoms. The van der Waals surface area contributed by atoms with Crippen LogP contribution in [0.25, 0.3) is 55.5 Å². The highest BCUT2D eigenvalue weighted by molar-refractivity contribution is 7.09. The van der Waals surface area contributed by atoms with Crippen LogP contribution in [0.4, 0.5) is 0 Å². The van der Waals surface area contributed by atoms with Crippen LogP contribution < -0.4 is 0 Å². The van der Waals surface area contributed by atoms with Crippen molar-refractivity contribution in [2.75, 3.05) is 0 Å². The number of imidazole rings is 2. The van der Waals surface area contributed by atoms with E-state index in [0.717, 1.165) is 55.5 Å². The van der Waals surface area contributed by atoms with Gasteiger partial charge < -0.3 is 0 Å². The fourth-order valence-electron chi connectivity index (χ4n) is 4.40. The summed E-state index contributed by atoms with van der Waals surface area (Å²) in [6, 6.07) is 35.3. The van der Waals surface area contributed by atoms with Gasteiger partial charge in [0.1, 0.15) is 5.01 Å². The molecule has 6 heteroatoms. The summed E-state index contributed by atoms with van der Waals surface area (Å²) in [5.74, 6) is 1.68. The third kappa shape index (κ3) is 2.81. The normalized spacial score (nSPS) is 11.6. The molecule has 0 radical (unpaired) electrons. The number of fused-ring (bicyclic) bond motifs is 5. The molecule has 7 rings (SSSR count). The Morgan fingerprint density at radius 2 is 1.27 bits per heavy atom. The van der Waals surface area contributed by atoms with Gasteiger partial charge in [-0.15, -0.1) is 0 Å². The maximum Gasteiger partial charge on any atom is 0.220 e. The van der Waals surface area contributed by atoms with E-state index in [1.807, 2.05) is 36.4 Å². The number of hydrogen-bond acceptors (Lipinski definition) is 4. The molecule has 0 amide bonds. The molecule has 0 aliphatic heterocycles. The average Bonchev–Trinajstić information content (AvgIpc) is 3.58. The van der Waals surface area contributed by atoms with E-state index < -0.39 is 0 Å². The van der Waals surface area contributed by atoms with Gasteiger partial charge in [-0.25, -0.2) is 9.97 Å². The first-order valence-electron chi connectivity index (χ1n) is 10.7. The summed E-state index contributed by atoms with van der Waals surface area (Å²) in [4.78, 5) is 9.71. The smallest absolute Gasteiger partial charge is 0.220 e. The number of aromatic nitrogens is 5. The maximum absolute atomic E-state index is 4.95. The van der Waals surface area contributed by atoms with Crippen molar-refractivity contribution in [2.45, 2.75) is 0 Å². The largest absolute Gasteiger partial charge is 0.278 e. The number of benzene rings is 4. The zero-order valence-electron chi connectivity index (χ0n) is 17.5. The summed E-state index contributed by atoms with van der Waals surface area (Å²) in [6.45, 7) is 0. The van der Waals surface area contributed by atoms with Crippen molar-refractivity contribution in [3.05, 3.63) is 103 Å². The second kappa shape index (κ2) is 7.12. The summed E-state index contributed by atoms with van der Waals surface area (Å²) in [6.07, 6.45) is 0. The van der Waals surface area contributed by atoms with Gasteiger partial charge in [0.25, 0.3) is 0 Å². The maximum atomic E-state index is 4.95. The fourth-order valence-corrected chi connectivity index (χ4v) is 5.09. The fraction of sp³-hybridized carbons (Fsp3) is 0. The Bertz CT molecular complexity index is 1760. The molecule has 0 N–H and O–H groups in total. The minimum absolute atomic E-state index is 0.766. The van der Waals surface area contributed by atoms with Crippen LogP contribution in [0.5, 0.6) is 0 Å². The SMILES string of the molecule is c1ccc(-c2nsc(-c3ccc(-n4c5ccccc5n5c6ccccc6nc45)cc3)n2)cc1. The quantitative estimate of drug-likeness (QED) is 0.308. The Hall–Kier alpha value is -4.29. The molecular weight excluding hydrogens is 426 g/mol. The third-order valence-electron chi connectivity index (χ3n) is 5.94. The molecule has 7 aromatic rings. The van der Waals surface area contributed by atoms with Gasteiger partial charge >= 0.3 is 0 Å². The van der Waals surface area contributed by atoms with Crippen molar-refractivity contribution in [3.8, 4) is 27.6 Å². The van der Waals surface area contributed by atoms with Gasteiger partial charge in [0.05, 0.1) is 22.1 Å². The molecule has 0 saturated heterocycles. The Kier molecular flexibility index (Phi) is 3.95. The molecule has 0 aliphatic rings. The lowest BCUT2D eigenvalue weighted by atomic mass is 10.2. The number of rotatable bonds is 3. The summed E-state index contributed by atoms with van der Waals surface area (Å²) < 4.78 is 9.00. The van der Waals surface area contributed by atoms with Crippen molar-refractivity contribution in [2.24, 2.45) is 0 Å². The second-order valence-corrected chi connectivity index (χ2v) is 8.65. The molecule has 0 fully saturated rings. The first-order chi connectivity index (χ1) is 16.4. The Morgan fingerprint density at radius 3 is 2.09 bits per heavy atom. The highest BCUT2D eigenvalue weighted by atomic mass is 32.1. The van der Waals surface area contributed by atoms with Crippen molar-refractivity contribution in [3.63, 3.8) is 0 Å². The van der Waals surface area contributed by atoms with E-state index in [9.17, 15) is 0 Å². The van der Waals surface area contributed by atoms with Crippen LogP contribution in [0.3, 0.4) is 0 Å². The summed E-state index contributed by atoms with van der Waals surface area (Å²) in [7, 11) is 0. The van der Waals surface area contributed by atoms with E-state index in [4.69, 9.17) is 9.97 Å². The third-order valence-corrected chi connectivity index (χ3v) is 6.70. The molecule has 0 atom stereocenters. The minimum atomic E-state index is 0.766. The predicted octanol–water partition coefficient (Wildman–Crippen LogP) is 6.62. The molecule has 3 aromatic heterocycles. The van der Waals surface area contributed by atoms with Gasteiger partial charge in [0.15, 0.2) is 5.82 Å². The molecule has 156 valence electrons. The number of nitrogens with zero attached hydrogens (tertiary/aromatic N) is 5. The molecule has 0 aliphatic carbocycles. The molecular formula is C27H17N5S. The molecule has 0 unspecified atom stereocenters. The van der Waals surface area contributed by atoms with Gasteiger partial charge in [0, 0.05) is 16.8 Å². The van der Waals surface area contributed by atoms with Gasteiger partial charge in [0.2, 0.25) is 5.78 Å².